The number of fused-ring (bicyclic) bond motifs is 1. The number of ether oxygens (including phenoxy) is 2. The van der Waals surface area contributed by atoms with Gasteiger partial charge in [0.25, 0.3) is 0 Å². The maximum atomic E-state index is 13.0. The Morgan fingerprint density at radius 1 is 1.16 bits per heavy atom. The smallest absolute Gasteiger partial charge is 0.231 e. The zero-order valence-electron chi connectivity index (χ0n) is 13.3. The maximum Gasteiger partial charge on any atom is 0.231 e. The molecule has 7 nitrogen and oxygen atoms in total. The summed E-state index contributed by atoms with van der Waals surface area (Å²) in [5, 5.41) is 0.599. The fraction of sp³-hybridized carbons (Fsp3) is 0.333. The largest absolute Gasteiger partial charge is 0.454 e. The highest BCUT2D eigenvalue weighted by Gasteiger charge is 2.32. The SMILES string of the molecule is CCS(=O)(=O)NC[C@@H](c1ccc2c(c1)OCO2)S(=O)(=O)c1cccs1. The van der Waals surface area contributed by atoms with Gasteiger partial charge in [-0.25, -0.2) is 21.6 Å². The molecule has 0 spiro atoms. The van der Waals surface area contributed by atoms with Gasteiger partial charge in [-0.1, -0.05) is 12.1 Å². The third kappa shape index (κ3) is 3.81. The summed E-state index contributed by atoms with van der Waals surface area (Å²) in [7, 11) is -7.29. The predicted octanol–water partition coefficient (Wildman–Crippen LogP) is 1.93. The van der Waals surface area contributed by atoms with Crippen molar-refractivity contribution in [2.24, 2.45) is 0 Å². The molecule has 1 atom stereocenters. The number of benzene rings is 1. The Kier molecular flexibility index (Phi) is 5.05. The van der Waals surface area contributed by atoms with Crippen LogP contribution in [-0.4, -0.2) is 35.9 Å². The van der Waals surface area contributed by atoms with Crippen molar-refractivity contribution in [1.29, 1.82) is 0 Å². The monoisotopic (exact) mass is 403 g/mol. The molecule has 1 aromatic carbocycles. The molecular formula is C15H17NO6S3. The van der Waals surface area contributed by atoms with Crippen molar-refractivity contribution >= 4 is 31.2 Å². The zero-order valence-corrected chi connectivity index (χ0v) is 15.8. The van der Waals surface area contributed by atoms with E-state index in [9.17, 15) is 16.8 Å². The molecule has 0 saturated heterocycles. The van der Waals surface area contributed by atoms with E-state index in [0.717, 1.165) is 11.3 Å². The highest BCUT2D eigenvalue weighted by molar-refractivity contribution is 7.93. The Labute approximate surface area is 150 Å². The van der Waals surface area contributed by atoms with Crippen LogP contribution in [0.25, 0.3) is 0 Å². The van der Waals surface area contributed by atoms with Crippen LogP contribution in [0.4, 0.5) is 0 Å². The average Bonchev–Trinajstić information content (AvgIpc) is 3.26. The minimum atomic E-state index is -3.76. The van der Waals surface area contributed by atoms with Gasteiger partial charge in [0, 0.05) is 6.54 Å². The van der Waals surface area contributed by atoms with Crippen LogP contribution in [0.2, 0.25) is 0 Å². The molecule has 1 aliphatic rings. The molecular weight excluding hydrogens is 386 g/mol. The molecule has 0 radical (unpaired) electrons. The van der Waals surface area contributed by atoms with Gasteiger partial charge >= 0.3 is 0 Å². The highest BCUT2D eigenvalue weighted by Crippen LogP contribution is 2.38. The summed E-state index contributed by atoms with van der Waals surface area (Å²) in [6.07, 6.45) is 0. The summed E-state index contributed by atoms with van der Waals surface area (Å²) in [6.45, 7) is 1.31. The van der Waals surface area contributed by atoms with E-state index in [4.69, 9.17) is 9.47 Å². The molecule has 1 N–H and O–H groups in total. The van der Waals surface area contributed by atoms with Crippen LogP contribution in [0.15, 0.2) is 39.9 Å². The van der Waals surface area contributed by atoms with Crippen molar-refractivity contribution in [2.75, 3.05) is 19.1 Å². The second kappa shape index (κ2) is 6.94. The van der Waals surface area contributed by atoms with Crippen molar-refractivity contribution in [2.45, 2.75) is 16.4 Å². The molecule has 3 rings (SSSR count). The Morgan fingerprint density at radius 3 is 2.60 bits per heavy atom. The maximum absolute atomic E-state index is 13.0. The van der Waals surface area contributed by atoms with E-state index in [1.54, 1.807) is 29.6 Å². The molecule has 2 heterocycles. The molecule has 0 bridgehead atoms. The minimum Gasteiger partial charge on any atom is -0.454 e. The van der Waals surface area contributed by atoms with Crippen molar-refractivity contribution in [3.8, 4) is 11.5 Å². The van der Waals surface area contributed by atoms with Gasteiger partial charge in [-0.3, -0.25) is 0 Å². The molecule has 1 aliphatic heterocycles. The first-order valence-electron chi connectivity index (χ1n) is 7.48. The number of thiophene rings is 1. The standard InChI is InChI=1S/C15H17NO6S3/c1-2-24(17,18)16-9-14(25(19,20)15-4-3-7-23-15)11-5-6-12-13(8-11)22-10-21-12/h3-8,14,16H,2,9-10H2,1H3/t14-/m0/s1. The predicted molar refractivity (Wildman–Crippen MR) is 94.3 cm³/mol. The quantitative estimate of drug-likeness (QED) is 0.758. The second-order valence-electron chi connectivity index (χ2n) is 5.33. The third-order valence-corrected chi connectivity index (χ3v) is 8.69. The van der Waals surface area contributed by atoms with E-state index >= 15 is 0 Å². The molecule has 10 heteroatoms. The lowest BCUT2D eigenvalue weighted by atomic mass is 10.1. The van der Waals surface area contributed by atoms with Crippen molar-refractivity contribution in [1.82, 2.24) is 4.72 Å². The number of rotatable bonds is 7. The molecule has 2 aromatic rings. The van der Waals surface area contributed by atoms with Gasteiger partial charge in [0.05, 0.1) is 5.75 Å². The van der Waals surface area contributed by atoms with Gasteiger partial charge in [-0.05, 0) is 36.1 Å². The van der Waals surface area contributed by atoms with E-state index in [1.165, 1.54) is 13.0 Å². The van der Waals surface area contributed by atoms with E-state index in [1.807, 2.05) is 0 Å². The molecule has 0 fully saturated rings. The first-order valence-corrected chi connectivity index (χ1v) is 11.6. The zero-order chi connectivity index (χ0) is 18.1. The molecule has 0 unspecified atom stereocenters. The van der Waals surface area contributed by atoms with Gasteiger partial charge in [-0.2, -0.15) is 0 Å². The van der Waals surface area contributed by atoms with Gasteiger partial charge in [-0.15, -0.1) is 11.3 Å². The summed E-state index contributed by atoms with van der Waals surface area (Å²) >= 11 is 1.10. The van der Waals surface area contributed by atoms with Crippen molar-refractivity contribution < 1.29 is 26.3 Å². The van der Waals surface area contributed by atoms with E-state index < -0.39 is 25.1 Å². The highest BCUT2D eigenvalue weighted by atomic mass is 32.2. The topological polar surface area (TPSA) is 98.8 Å². The first-order chi connectivity index (χ1) is 11.8. The van der Waals surface area contributed by atoms with Crippen LogP contribution < -0.4 is 14.2 Å². The van der Waals surface area contributed by atoms with Crippen LogP contribution in [0, 0.1) is 0 Å². The Bertz CT molecular complexity index is 951. The number of nitrogens with one attached hydrogen (secondary N) is 1. The number of sulfone groups is 1. The molecule has 25 heavy (non-hydrogen) atoms. The summed E-state index contributed by atoms with van der Waals surface area (Å²) in [4.78, 5) is 0. The second-order valence-corrected chi connectivity index (χ2v) is 10.7. The number of hydrogen-bond donors (Lipinski definition) is 1. The van der Waals surface area contributed by atoms with Gasteiger partial charge in [0.2, 0.25) is 16.8 Å². The van der Waals surface area contributed by atoms with Crippen LogP contribution >= 0.6 is 11.3 Å². The van der Waals surface area contributed by atoms with Crippen LogP contribution in [0.5, 0.6) is 11.5 Å². The average molecular weight is 404 g/mol. The number of sulfonamides is 1. The Balaban J connectivity index is 2.00. The summed E-state index contributed by atoms with van der Waals surface area (Å²) in [5.74, 6) is 0.854. The lowest BCUT2D eigenvalue weighted by Crippen LogP contribution is -2.32. The Hall–Kier alpha value is -1.62. The first kappa shape index (κ1) is 18.2. The summed E-state index contributed by atoms with van der Waals surface area (Å²) in [6, 6.07) is 7.98. The summed E-state index contributed by atoms with van der Waals surface area (Å²) in [5.41, 5.74) is 0.441. The molecule has 1 aromatic heterocycles. The Morgan fingerprint density at radius 2 is 1.92 bits per heavy atom. The fourth-order valence-corrected chi connectivity index (χ4v) is 5.98. The van der Waals surface area contributed by atoms with Gasteiger partial charge in [0.15, 0.2) is 21.3 Å². The molecule has 136 valence electrons. The van der Waals surface area contributed by atoms with Gasteiger partial charge in [0.1, 0.15) is 9.46 Å². The van der Waals surface area contributed by atoms with Crippen molar-refractivity contribution in [3.05, 3.63) is 41.3 Å². The fourth-order valence-electron chi connectivity index (χ4n) is 2.39. The van der Waals surface area contributed by atoms with E-state index in [0.29, 0.717) is 17.1 Å². The van der Waals surface area contributed by atoms with Gasteiger partial charge < -0.3 is 9.47 Å². The molecule has 0 aliphatic carbocycles. The summed E-state index contributed by atoms with van der Waals surface area (Å²) < 4.78 is 62.7. The van der Waals surface area contributed by atoms with E-state index in [2.05, 4.69) is 4.72 Å². The van der Waals surface area contributed by atoms with Crippen molar-refractivity contribution in [3.63, 3.8) is 0 Å². The number of hydrogen-bond acceptors (Lipinski definition) is 7. The lowest BCUT2D eigenvalue weighted by Gasteiger charge is -2.18. The third-order valence-electron chi connectivity index (χ3n) is 3.79. The van der Waals surface area contributed by atoms with E-state index in [-0.39, 0.29) is 23.3 Å². The van der Waals surface area contributed by atoms with Crippen LogP contribution in [0.3, 0.4) is 0 Å². The van der Waals surface area contributed by atoms with Crippen LogP contribution in [0.1, 0.15) is 17.7 Å². The van der Waals surface area contributed by atoms with Crippen LogP contribution in [-0.2, 0) is 19.9 Å². The minimum absolute atomic E-state index is 0.0730. The molecule has 0 amide bonds. The normalized spacial score (nSPS) is 15.2. The lowest BCUT2D eigenvalue weighted by molar-refractivity contribution is 0.174. The molecule has 0 saturated carbocycles.